The van der Waals surface area contributed by atoms with Crippen molar-refractivity contribution < 1.29 is 9.59 Å². The monoisotopic (exact) mass is 435 g/mol. The zero-order chi connectivity index (χ0) is 22.6. The molecule has 3 heteroatoms. The smallest absolute Gasteiger partial charge is 0.200 e. The summed E-state index contributed by atoms with van der Waals surface area (Å²) in [5.74, 6) is 1.23. The van der Waals surface area contributed by atoms with Crippen LogP contribution >= 0.6 is 0 Å². The Morgan fingerprint density at radius 2 is 1.26 bits per heavy atom. The van der Waals surface area contributed by atoms with Gasteiger partial charge in [0, 0.05) is 13.3 Å². The van der Waals surface area contributed by atoms with Crippen molar-refractivity contribution in [1.82, 2.24) is 0 Å². The highest BCUT2D eigenvalue weighted by atomic mass is 16.3. The first kappa shape index (κ1) is 28.4. The minimum absolute atomic E-state index is 0.327. The molecule has 182 valence electrons. The van der Waals surface area contributed by atoms with Crippen molar-refractivity contribution in [2.24, 2.45) is 4.99 Å². The van der Waals surface area contributed by atoms with Gasteiger partial charge in [-0.3, -0.25) is 4.48 Å². The van der Waals surface area contributed by atoms with Crippen molar-refractivity contribution in [3.05, 3.63) is 12.2 Å². The predicted molar refractivity (Wildman–Crippen MR) is 138 cm³/mol. The molecule has 2 unspecified atom stereocenters. The maximum absolute atomic E-state index is 10.2. The lowest BCUT2D eigenvalue weighted by Gasteiger charge is -2.36. The number of allylic oxidation sites excluding steroid dienone is 2. The minimum atomic E-state index is -0.327. The Bertz CT molecular complexity index is 472. The third kappa shape index (κ3) is 12.2. The normalized spacial score (nSPS) is 19.9. The number of amidine groups is 1. The largest absolute Gasteiger partial charge is 0.345 e. The Morgan fingerprint density at radius 1 is 0.774 bits per heavy atom. The van der Waals surface area contributed by atoms with Gasteiger partial charge in [0.25, 0.3) is 0 Å². The van der Waals surface area contributed by atoms with Crippen LogP contribution in [0.1, 0.15) is 136 Å². The molecule has 0 fully saturated rings. The maximum atomic E-state index is 10.2. The Kier molecular flexibility index (Phi) is 17.3. The zero-order valence-corrected chi connectivity index (χ0v) is 21.4. The van der Waals surface area contributed by atoms with Crippen LogP contribution in [0, 0.1) is 0 Å². The van der Waals surface area contributed by atoms with E-state index in [0.29, 0.717) is 4.48 Å². The number of aliphatic imine (C=N–C) groups is 1. The fraction of sp³-hybridized carbons (Fsp3) is 0.893. The lowest BCUT2D eigenvalue weighted by Crippen LogP contribution is -2.56. The molecule has 0 radical (unpaired) electrons. The van der Waals surface area contributed by atoms with Gasteiger partial charge < -0.3 is 5.11 Å². The van der Waals surface area contributed by atoms with Crippen molar-refractivity contribution in [2.45, 2.75) is 143 Å². The Balaban J connectivity index is 1.87. The van der Waals surface area contributed by atoms with Gasteiger partial charge in [-0.15, -0.1) is 0 Å². The first-order valence-electron chi connectivity index (χ1n) is 13.9. The first-order chi connectivity index (χ1) is 15.2. The van der Waals surface area contributed by atoms with Gasteiger partial charge in [-0.2, -0.15) is 0 Å². The molecule has 0 aromatic heterocycles. The molecule has 1 rings (SSSR count). The van der Waals surface area contributed by atoms with Crippen molar-refractivity contribution in [3.8, 4) is 0 Å². The first-order valence-corrected chi connectivity index (χ1v) is 13.9. The molecule has 0 aromatic rings. The summed E-state index contributed by atoms with van der Waals surface area (Å²) in [5.41, 5.74) is 0. The number of hydrogen-bond donors (Lipinski definition) is 1. The van der Waals surface area contributed by atoms with Crippen LogP contribution in [0.5, 0.6) is 0 Å². The molecule has 0 aromatic carbocycles. The molecule has 0 spiro atoms. The summed E-state index contributed by atoms with van der Waals surface area (Å²) in [6, 6.07) is 0. The number of hydrogen-bond acceptors (Lipinski definition) is 2. The topological polar surface area (TPSA) is 32.6 Å². The molecule has 0 saturated heterocycles. The summed E-state index contributed by atoms with van der Waals surface area (Å²) in [4.78, 5) is 4.71. The fourth-order valence-electron chi connectivity index (χ4n) is 5.00. The van der Waals surface area contributed by atoms with Gasteiger partial charge in [-0.25, -0.2) is 4.99 Å². The van der Waals surface area contributed by atoms with Crippen LogP contribution in [0.3, 0.4) is 0 Å². The van der Waals surface area contributed by atoms with E-state index in [4.69, 9.17) is 4.99 Å². The number of likely N-dealkylation sites (N-methyl/N-ethyl adjacent to an activating group) is 1. The number of aliphatic hydroxyl groups is 1. The van der Waals surface area contributed by atoms with Gasteiger partial charge >= 0.3 is 0 Å². The van der Waals surface area contributed by atoms with E-state index in [1.165, 1.54) is 115 Å². The number of nitrogens with zero attached hydrogens (tertiary/aromatic N) is 2. The Hall–Kier alpha value is -0.670. The Labute approximate surface area is 195 Å². The lowest BCUT2D eigenvalue weighted by molar-refractivity contribution is -0.882. The molecular formula is C28H55N2O+. The molecule has 0 amide bonds. The van der Waals surface area contributed by atoms with Crippen LogP contribution in [-0.2, 0) is 0 Å². The maximum Gasteiger partial charge on any atom is 0.200 e. The average molecular weight is 436 g/mol. The van der Waals surface area contributed by atoms with E-state index in [0.717, 1.165) is 26.1 Å². The number of quaternary nitrogens is 1. The summed E-state index contributed by atoms with van der Waals surface area (Å²) in [5, 5.41) is 10.2. The van der Waals surface area contributed by atoms with Gasteiger partial charge in [-0.1, -0.05) is 96.1 Å². The van der Waals surface area contributed by atoms with Gasteiger partial charge in [0.1, 0.15) is 6.54 Å². The number of rotatable bonds is 21. The van der Waals surface area contributed by atoms with Crippen molar-refractivity contribution in [1.29, 1.82) is 0 Å². The van der Waals surface area contributed by atoms with Crippen molar-refractivity contribution in [3.63, 3.8) is 0 Å². The van der Waals surface area contributed by atoms with E-state index >= 15 is 0 Å². The minimum Gasteiger partial charge on any atom is -0.345 e. The Morgan fingerprint density at radius 3 is 1.74 bits per heavy atom. The van der Waals surface area contributed by atoms with Crippen LogP contribution < -0.4 is 0 Å². The molecule has 1 heterocycles. The second kappa shape index (κ2) is 18.9. The number of aliphatic hydroxyl groups excluding tert-OH is 1. The summed E-state index contributed by atoms with van der Waals surface area (Å²) < 4.78 is 0.703. The van der Waals surface area contributed by atoms with E-state index in [9.17, 15) is 5.11 Å². The van der Waals surface area contributed by atoms with Gasteiger partial charge in [-0.05, 0) is 39.0 Å². The predicted octanol–water partition coefficient (Wildman–Crippen LogP) is 8.17. The zero-order valence-electron chi connectivity index (χ0n) is 21.4. The summed E-state index contributed by atoms with van der Waals surface area (Å²) in [6.07, 6.45) is 28.9. The molecule has 3 nitrogen and oxygen atoms in total. The standard InChI is InChI=1S/C28H55N2O/c1-4-6-7-8-9-10-11-12-13-14-15-16-17-18-19-20-21-22-23-24-28-29-25-26-30(28,5-2)27(3)31/h19-20,27,31H,4-18,21-26H2,1-3H3/q+1/b20-19+. The van der Waals surface area contributed by atoms with Crippen molar-refractivity contribution >= 4 is 5.84 Å². The molecule has 0 bridgehead atoms. The van der Waals surface area contributed by atoms with Gasteiger partial charge in [0.2, 0.25) is 5.84 Å². The van der Waals surface area contributed by atoms with Crippen LogP contribution in [0.4, 0.5) is 0 Å². The molecular weight excluding hydrogens is 380 g/mol. The third-order valence-electron chi connectivity index (χ3n) is 7.25. The van der Waals surface area contributed by atoms with Gasteiger partial charge in [0.05, 0.1) is 13.1 Å². The fourth-order valence-corrected chi connectivity index (χ4v) is 5.00. The molecule has 31 heavy (non-hydrogen) atoms. The van der Waals surface area contributed by atoms with Crippen molar-refractivity contribution in [2.75, 3.05) is 19.6 Å². The van der Waals surface area contributed by atoms with E-state index in [1.807, 2.05) is 6.92 Å². The van der Waals surface area contributed by atoms with Crippen LogP contribution in [-0.4, -0.2) is 41.3 Å². The van der Waals surface area contributed by atoms with Crippen LogP contribution in [0.15, 0.2) is 17.1 Å². The van der Waals surface area contributed by atoms with Gasteiger partial charge in [0.15, 0.2) is 6.23 Å². The molecule has 1 aliphatic heterocycles. The van der Waals surface area contributed by atoms with E-state index in [-0.39, 0.29) is 6.23 Å². The summed E-state index contributed by atoms with van der Waals surface area (Å²) >= 11 is 0. The molecule has 1 N–H and O–H groups in total. The molecule has 1 aliphatic rings. The quantitative estimate of drug-likeness (QED) is 0.110. The van der Waals surface area contributed by atoms with E-state index < -0.39 is 0 Å². The van der Waals surface area contributed by atoms with Crippen LogP contribution in [0.25, 0.3) is 0 Å². The van der Waals surface area contributed by atoms with E-state index in [2.05, 4.69) is 26.0 Å². The highest BCUT2D eigenvalue weighted by Crippen LogP contribution is 2.22. The molecule has 2 atom stereocenters. The number of unbranched alkanes of at least 4 members (excludes halogenated alkanes) is 15. The highest BCUT2D eigenvalue weighted by molar-refractivity contribution is 5.76. The lowest BCUT2D eigenvalue weighted by atomic mass is 10.0. The SMILES string of the molecule is CCCCCCCCCCCCCCC/C=C/CCCCC1=NCC[N+]1(CC)C(C)O. The molecule has 0 aliphatic carbocycles. The highest BCUT2D eigenvalue weighted by Gasteiger charge is 2.40. The molecule has 0 saturated carbocycles. The van der Waals surface area contributed by atoms with Crippen LogP contribution in [0.2, 0.25) is 0 Å². The second-order valence-corrected chi connectivity index (χ2v) is 9.75. The third-order valence-corrected chi connectivity index (χ3v) is 7.25. The van der Waals surface area contributed by atoms with E-state index in [1.54, 1.807) is 0 Å². The summed E-state index contributed by atoms with van der Waals surface area (Å²) in [7, 11) is 0. The summed E-state index contributed by atoms with van der Waals surface area (Å²) in [6.45, 7) is 9.20. The second-order valence-electron chi connectivity index (χ2n) is 9.75. The average Bonchev–Trinajstić information content (AvgIpc) is 3.19.